The Hall–Kier alpha value is -0.250. The van der Waals surface area contributed by atoms with Crippen LogP contribution in [0.3, 0.4) is 0 Å². The first kappa shape index (κ1) is 15.1. The van der Waals surface area contributed by atoms with E-state index in [0.717, 1.165) is 12.8 Å². The molecule has 0 atom stereocenters. The maximum absolute atomic E-state index is 12.2. The molecule has 1 aliphatic heterocycles. The number of hydrogen-bond acceptors (Lipinski definition) is 6. The highest BCUT2D eigenvalue weighted by molar-refractivity contribution is 7.90. The Balaban J connectivity index is 1.84. The van der Waals surface area contributed by atoms with E-state index in [2.05, 4.69) is 15.4 Å². The average molecular weight is 292 g/mol. The monoisotopic (exact) mass is 292 g/mol. The van der Waals surface area contributed by atoms with Crippen LogP contribution in [0.1, 0.15) is 25.7 Å². The van der Waals surface area contributed by atoms with Gasteiger partial charge in [-0.15, -0.1) is 0 Å². The highest BCUT2D eigenvalue weighted by Gasteiger charge is 2.32. The molecule has 8 heteroatoms. The number of ether oxygens (including phenoxy) is 1. The van der Waals surface area contributed by atoms with E-state index in [1.165, 1.54) is 0 Å². The van der Waals surface area contributed by atoms with Gasteiger partial charge in [-0.25, -0.2) is 8.42 Å². The summed E-state index contributed by atoms with van der Waals surface area (Å²) in [5.74, 6) is 0. The first-order chi connectivity index (χ1) is 9.01. The van der Waals surface area contributed by atoms with Crippen molar-refractivity contribution in [3.8, 4) is 0 Å². The molecule has 2 rings (SSSR count). The molecule has 0 radical (unpaired) electrons. The predicted molar refractivity (Wildman–Crippen MR) is 72.9 cm³/mol. The Bertz CT molecular complexity index is 373. The van der Waals surface area contributed by atoms with Crippen molar-refractivity contribution in [1.29, 1.82) is 0 Å². The molecule has 2 fully saturated rings. The minimum atomic E-state index is -3.30. The van der Waals surface area contributed by atoms with Gasteiger partial charge in [0, 0.05) is 26.2 Å². The van der Waals surface area contributed by atoms with Gasteiger partial charge in [-0.05, 0) is 25.7 Å². The maximum Gasteiger partial charge on any atom is 0.216 e. The average Bonchev–Trinajstić information content (AvgIpc) is 2.40. The normalized spacial score (nSPS) is 37.2. The number of nitrogens with two attached hydrogens (primary N) is 1. The first-order valence-corrected chi connectivity index (χ1v) is 8.32. The van der Waals surface area contributed by atoms with Gasteiger partial charge >= 0.3 is 0 Å². The Labute approximate surface area is 114 Å². The van der Waals surface area contributed by atoms with E-state index in [-0.39, 0.29) is 17.4 Å². The van der Waals surface area contributed by atoms with Crippen LogP contribution >= 0.6 is 0 Å². The molecule has 0 amide bonds. The Morgan fingerprint density at radius 1 is 1.16 bits per heavy atom. The van der Waals surface area contributed by atoms with Crippen LogP contribution in [0.15, 0.2) is 0 Å². The third-order valence-corrected chi connectivity index (χ3v) is 5.79. The molecular weight excluding hydrogens is 268 g/mol. The fourth-order valence-corrected chi connectivity index (χ4v) is 4.13. The van der Waals surface area contributed by atoms with Crippen molar-refractivity contribution >= 4 is 10.0 Å². The van der Waals surface area contributed by atoms with E-state index >= 15 is 0 Å². The molecule has 7 nitrogen and oxygen atoms in total. The minimum Gasteiger partial charge on any atom is -0.379 e. The molecule has 1 saturated heterocycles. The highest BCUT2D eigenvalue weighted by Crippen LogP contribution is 2.22. The van der Waals surface area contributed by atoms with Crippen molar-refractivity contribution < 1.29 is 13.2 Å². The second-order valence-electron chi connectivity index (χ2n) is 5.31. The van der Waals surface area contributed by atoms with Crippen LogP contribution in [0.4, 0.5) is 0 Å². The molecule has 2 aliphatic rings. The molecule has 1 saturated carbocycles. The Kier molecular flexibility index (Phi) is 5.15. The number of sulfonamides is 1. The number of nitrogens with one attached hydrogen (secondary N) is 3. The lowest BCUT2D eigenvalue weighted by molar-refractivity contribution is 0.0726. The van der Waals surface area contributed by atoms with Crippen molar-refractivity contribution in [3.63, 3.8) is 0 Å². The fraction of sp³-hybridized carbons (Fsp3) is 1.00. The van der Waals surface area contributed by atoms with Crippen LogP contribution in [-0.2, 0) is 14.8 Å². The molecular formula is C11H24N4O3S. The zero-order valence-electron chi connectivity index (χ0n) is 11.3. The zero-order chi connectivity index (χ0) is 13.9. The van der Waals surface area contributed by atoms with E-state index in [4.69, 9.17) is 10.5 Å². The Morgan fingerprint density at radius 3 is 2.26 bits per heavy atom. The van der Waals surface area contributed by atoms with Crippen LogP contribution in [0.5, 0.6) is 0 Å². The molecule has 1 heterocycles. The fourth-order valence-electron chi connectivity index (χ4n) is 2.55. The van der Waals surface area contributed by atoms with Crippen molar-refractivity contribution in [2.24, 2.45) is 5.73 Å². The molecule has 112 valence electrons. The van der Waals surface area contributed by atoms with Crippen molar-refractivity contribution in [2.75, 3.05) is 20.2 Å². The van der Waals surface area contributed by atoms with Crippen LogP contribution < -0.4 is 21.1 Å². The zero-order valence-corrected chi connectivity index (χ0v) is 12.1. The quantitative estimate of drug-likeness (QED) is 0.511. The summed E-state index contributed by atoms with van der Waals surface area (Å²) in [7, 11) is -1.66. The summed E-state index contributed by atoms with van der Waals surface area (Å²) in [6.07, 6.45) is 2.51. The first-order valence-electron chi connectivity index (χ1n) is 6.77. The van der Waals surface area contributed by atoms with Gasteiger partial charge in [0.1, 0.15) is 6.29 Å². The summed E-state index contributed by atoms with van der Waals surface area (Å²) in [4.78, 5) is 0. The largest absolute Gasteiger partial charge is 0.379 e. The predicted octanol–water partition coefficient (Wildman–Crippen LogP) is -1.33. The van der Waals surface area contributed by atoms with Crippen molar-refractivity contribution in [3.05, 3.63) is 0 Å². The van der Waals surface area contributed by atoms with Gasteiger partial charge in [-0.1, -0.05) is 0 Å². The number of rotatable bonds is 4. The lowest BCUT2D eigenvalue weighted by atomic mass is 9.96. The molecule has 5 N–H and O–H groups in total. The third-order valence-electron chi connectivity index (χ3n) is 3.87. The van der Waals surface area contributed by atoms with E-state index < -0.39 is 16.3 Å². The molecule has 0 spiro atoms. The van der Waals surface area contributed by atoms with Crippen LogP contribution in [0, 0.1) is 0 Å². The highest BCUT2D eigenvalue weighted by atomic mass is 32.2. The van der Waals surface area contributed by atoms with E-state index in [1.54, 1.807) is 7.11 Å². The van der Waals surface area contributed by atoms with Gasteiger partial charge in [-0.2, -0.15) is 4.72 Å². The summed E-state index contributed by atoms with van der Waals surface area (Å²) >= 11 is 0. The van der Waals surface area contributed by atoms with Gasteiger partial charge in [0.15, 0.2) is 0 Å². The van der Waals surface area contributed by atoms with Gasteiger partial charge in [0.05, 0.1) is 11.4 Å². The third kappa shape index (κ3) is 4.11. The van der Waals surface area contributed by atoms with Gasteiger partial charge in [0.25, 0.3) is 0 Å². The van der Waals surface area contributed by atoms with E-state index in [1.807, 2.05) is 0 Å². The van der Waals surface area contributed by atoms with Crippen molar-refractivity contribution in [2.45, 2.75) is 49.4 Å². The summed E-state index contributed by atoms with van der Waals surface area (Å²) in [6.45, 7) is 1.26. The van der Waals surface area contributed by atoms with Crippen LogP contribution in [0.25, 0.3) is 0 Å². The second kappa shape index (κ2) is 6.47. The molecule has 0 bridgehead atoms. The number of hydrogen-bond donors (Lipinski definition) is 4. The summed E-state index contributed by atoms with van der Waals surface area (Å²) in [5.41, 5.74) is 5.80. The maximum atomic E-state index is 12.2. The van der Waals surface area contributed by atoms with Gasteiger partial charge in [0.2, 0.25) is 10.0 Å². The standard InChI is InChI=1S/C11H24N4O3S/c1-18-9-6-13-11(14-7-9)15-19(16,17)10-4-2-8(12)3-5-10/h8-11,13-15H,2-7,12H2,1H3. The summed E-state index contributed by atoms with van der Waals surface area (Å²) in [6, 6.07) is 0.153. The van der Waals surface area contributed by atoms with Crippen LogP contribution in [-0.4, -0.2) is 52.3 Å². The van der Waals surface area contributed by atoms with Crippen molar-refractivity contribution in [1.82, 2.24) is 15.4 Å². The van der Waals surface area contributed by atoms with Gasteiger partial charge in [-0.3, -0.25) is 10.6 Å². The smallest absolute Gasteiger partial charge is 0.216 e. The lowest BCUT2D eigenvalue weighted by Gasteiger charge is -2.33. The molecule has 1 aliphatic carbocycles. The molecule has 0 aromatic carbocycles. The van der Waals surface area contributed by atoms with E-state index in [9.17, 15) is 8.42 Å². The van der Waals surface area contributed by atoms with Gasteiger partial charge < -0.3 is 10.5 Å². The summed E-state index contributed by atoms with van der Waals surface area (Å²) < 4.78 is 32.4. The minimum absolute atomic E-state index is 0.0773. The topological polar surface area (TPSA) is 105 Å². The molecule has 0 unspecified atom stereocenters. The lowest BCUT2D eigenvalue weighted by Crippen LogP contribution is -2.63. The SMILES string of the molecule is COC1CNC(NS(=O)(=O)C2CCC(N)CC2)NC1. The number of methoxy groups -OCH3 is 1. The Morgan fingerprint density at radius 2 is 1.74 bits per heavy atom. The van der Waals surface area contributed by atoms with E-state index in [0.29, 0.717) is 25.9 Å². The summed E-state index contributed by atoms with van der Waals surface area (Å²) in [5, 5.41) is 5.82. The van der Waals surface area contributed by atoms with Crippen LogP contribution in [0.2, 0.25) is 0 Å². The second-order valence-corrected chi connectivity index (χ2v) is 7.30. The molecule has 0 aromatic rings. The molecule has 0 aromatic heterocycles. The molecule has 19 heavy (non-hydrogen) atoms.